The Morgan fingerprint density at radius 1 is 1.15 bits per heavy atom. The molecule has 6 nitrogen and oxygen atoms in total. The van der Waals surface area contributed by atoms with E-state index in [2.05, 4.69) is 15.5 Å². The summed E-state index contributed by atoms with van der Waals surface area (Å²) in [5.74, 6) is -0.346. The molecular weight excluding hydrogens is 337 g/mol. The van der Waals surface area contributed by atoms with Crippen molar-refractivity contribution in [2.75, 3.05) is 0 Å². The molecule has 1 amide bonds. The van der Waals surface area contributed by atoms with Crippen LogP contribution in [0.4, 0.5) is 4.39 Å². The van der Waals surface area contributed by atoms with Crippen molar-refractivity contribution in [1.29, 1.82) is 0 Å². The molecular formula is C19H14FN3O3. The lowest BCUT2D eigenvalue weighted by Gasteiger charge is -2.08. The monoisotopic (exact) mass is 351 g/mol. The van der Waals surface area contributed by atoms with Crippen LogP contribution < -0.4 is 5.32 Å². The van der Waals surface area contributed by atoms with Gasteiger partial charge in [-0.15, -0.1) is 0 Å². The molecule has 0 fully saturated rings. The lowest BCUT2D eigenvalue weighted by Crippen LogP contribution is -2.27. The minimum atomic E-state index is -0.469. The van der Waals surface area contributed by atoms with Gasteiger partial charge in [-0.05, 0) is 31.2 Å². The van der Waals surface area contributed by atoms with E-state index in [0.717, 1.165) is 0 Å². The van der Waals surface area contributed by atoms with Gasteiger partial charge >= 0.3 is 0 Å². The van der Waals surface area contributed by atoms with E-state index < -0.39 is 17.8 Å². The third-order valence-electron chi connectivity index (χ3n) is 3.91. The molecule has 0 spiro atoms. The van der Waals surface area contributed by atoms with E-state index in [1.807, 2.05) is 18.2 Å². The Balaban J connectivity index is 1.52. The van der Waals surface area contributed by atoms with Crippen LogP contribution in [0, 0.1) is 5.82 Å². The Morgan fingerprint density at radius 3 is 2.73 bits per heavy atom. The first kappa shape index (κ1) is 16.0. The maximum atomic E-state index is 13.8. The second kappa shape index (κ2) is 6.44. The molecule has 1 N–H and O–H groups in total. The normalized spacial score (nSPS) is 12.2. The summed E-state index contributed by atoms with van der Waals surface area (Å²) in [6.45, 7) is 1.75. The molecule has 1 unspecified atom stereocenters. The first-order valence-corrected chi connectivity index (χ1v) is 8.00. The molecule has 0 aliphatic heterocycles. The average Bonchev–Trinajstić information content (AvgIpc) is 3.29. The molecule has 2 heterocycles. The van der Waals surface area contributed by atoms with Crippen molar-refractivity contribution in [3.8, 4) is 11.3 Å². The molecule has 7 heteroatoms. The van der Waals surface area contributed by atoms with Crippen molar-refractivity contribution in [1.82, 2.24) is 15.5 Å². The molecule has 0 aliphatic rings. The van der Waals surface area contributed by atoms with Crippen LogP contribution in [0.3, 0.4) is 0 Å². The van der Waals surface area contributed by atoms with Crippen molar-refractivity contribution >= 4 is 17.0 Å². The standard InChI is InChI=1S/C19H14FN3O3/c1-11(19-22-14-8-4-5-9-16(14)25-19)21-18(24)15-10-17(26-23-15)12-6-2-3-7-13(12)20/h2-11H,1H3,(H,21,24). The van der Waals surface area contributed by atoms with Gasteiger partial charge in [0.1, 0.15) is 17.4 Å². The number of fused-ring (bicyclic) bond motifs is 1. The van der Waals surface area contributed by atoms with Crippen molar-refractivity contribution in [3.05, 3.63) is 72.0 Å². The number of hydrogen-bond donors (Lipinski definition) is 1. The summed E-state index contributed by atoms with van der Waals surface area (Å²) in [6, 6.07) is 14.4. The molecule has 1 atom stereocenters. The molecule has 2 aromatic heterocycles. The van der Waals surface area contributed by atoms with Crippen LogP contribution in [0.25, 0.3) is 22.4 Å². The third-order valence-corrected chi connectivity index (χ3v) is 3.91. The summed E-state index contributed by atoms with van der Waals surface area (Å²) in [5, 5.41) is 6.46. The molecule has 4 rings (SSSR count). The number of aromatic nitrogens is 2. The fourth-order valence-electron chi connectivity index (χ4n) is 2.58. The Labute approximate surface area is 147 Å². The minimum Gasteiger partial charge on any atom is -0.438 e. The zero-order valence-corrected chi connectivity index (χ0v) is 13.8. The SMILES string of the molecule is CC(NC(=O)c1cc(-c2ccccc2F)on1)c1nc2ccccc2o1. The number of halogens is 1. The Hall–Kier alpha value is -3.48. The van der Waals surface area contributed by atoms with E-state index >= 15 is 0 Å². The number of carbonyl (C=O) groups is 1. The largest absolute Gasteiger partial charge is 0.438 e. The predicted octanol–water partition coefficient (Wildman–Crippen LogP) is 4.11. The summed E-state index contributed by atoms with van der Waals surface area (Å²) in [4.78, 5) is 16.7. The summed E-state index contributed by atoms with van der Waals surface area (Å²) >= 11 is 0. The number of nitrogens with zero attached hydrogens (tertiary/aromatic N) is 2. The van der Waals surface area contributed by atoms with Crippen molar-refractivity contribution in [3.63, 3.8) is 0 Å². The highest BCUT2D eigenvalue weighted by molar-refractivity contribution is 5.93. The first-order valence-electron chi connectivity index (χ1n) is 8.00. The Bertz CT molecular complexity index is 1050. The van der Waals surface area contributed by atoms with Crippen LogP contribution in [0.15, 0.2) is 63.5 Å². The molecule has 0 saturated heterocycles. The highest BCUT2D eigenvalue weighted by Gasteiger charge is 2.20. The first-order chi connectivity index (χ1) is 12.6. The van der Waals surface area contributed by atoms with Crippen molar-refractivity contribution in [2.45, 2.75) is 13.0 Å². The third kappa shape index (κ3) is 2.95. The van der Waals surface area contributed by atoms with Crippen LogP contribution in [-0.2, 0) is 0 Å². The van der Waals surface area contributed by atoms with Gasteiger partial charge in [-0.25, -0.2) is 9.37 Å². The number of oxazole rings is 1. The predicted molar refractivity (Wildman–Crippen MR) is 91.8 cm³/mol. The maximum absolute atomic E-state index is 13.8. The number of hydrogen-bond acceptors (Lipinski definition) is 5. The van der Waals surface area contributed by atoms with Gasteiger partial charge in [0.05, 0.1) is 5.56 Å². The van der Waals surface area contributed by atoms with Gasteiger partial charge in [-0.2, -0.15) is 0 Å². The lowest BCUT2D eigenvalue weighted by molar-refractivity contribution is 0.0925. The van der Waals surface area contributed by atoms with Crippen LogP contribution in [0.2, 0.25) is 0 Å². The van der Waals surface area contributed by atoms with Crippen LogP contribution in [0.5, 0.6) is 0 Å². The average molecular weight is 351 g/mol. The summed E-state index contributed by atoms with van der Waals surface area (Å²) < 4.78 is 24.5. The molecule has 0 aliphatic carbocycles. The molecule has 0 bridgehead atoms. The quantitative estimate of drug-likeness (QED) is 0.598. The summed E-state index contributed by atoms with van der Waals surface area (Å²) in [5.41, 5.74) is 1.65. The fraction of sp³-hybridized carbons (Fsp3) is 0.105. The Morgan fingerprint density at radius 2 is 1.92 bits per heavy atom. The maximum Gasteiger partial charge on any atom is 0.274 e. The number of benzene rings is 2. The van der Waals surface area contributed by atoms with Crippen molar-refractivity contribution in [2.24, 2.45) is 0 Å². The van der Waals surface area contributed by atoms with Gasteiger partial charge in [0.15, 0.2) is 17.0 Å². The molecule has 0 radical (unpaired) electrons. The minimum absolute atomic E-state index is 0.0474. The van der Waals surface area contributed by atoms with Gasteiger partial charge in [-0.1, -0.05) is 29.4 Å². The number of nitrogens with one attached hydrogen (secondary N) is 1. The molecule has 0 saturated carbocycles. The van der Waals surface area contributed by atoms with E-state index in [1.54, 1.807) is 31.2 Å². The smallest absolute Gasteiger partial charge is 0.274 e. The van der Waals surface area contributed by atoms with E-state index in [9.17, 15) is 9.18 Å². The highest BCUT2D eigenvalue weighted by Crippen LogP contribution is 2.24. The fourth-order valence-corrected chi connectivity index (χ4v) is 2.58. The zero-order chi connectivity index (χ0) is 18.1. The van der Waals surface area contributed by atoms with Gasteiger partial charge < -0.3 is 14.3 Å². The van der Waals surface area contributed by atoms with E-state index in [-0.39, 0.29) is 17.0 Å². The van der Waals surface area contributed by atoms with E-state index in [1.165, 1.54) is 12.1 Å². The number of amides is 1. The lowest BCUT2D eigenvalue weighted by atomic mass is 10.1. The van der Waals surface area contributed by atoms with Gasteiger partial charge in [0.2, 0.25) is 5.89 Å². The summed E-state index contributed by atoms with van der Waals surface area (Å²) in [6.07, 6.45) is 0. The molecule has 26 heavy (non-hydrogen) atoms. The summed E-state index contributed by atoms with van der Waals surface area (Å²) in [7, 11) is 0. The van der Waals surface area contributed by atoms with E-state index in [4.69, 9.17) is 8.94 Å². The second-order valence-electron chi connectivity index (χ2n) is 5.77. The zero-order valence-electron chi connectivity index (χ0n) is 13.8. The van der Waals surface area contributed by atoms with E-state index in [0.29, 0.717) is 17.0 Å². The second-order valence-corrected chi connectivity index (χ2v) is 5.77. The highest BCUT2D eigenvalue weighted by atomic mass is 19.1. The Kier molecular flexibility index (Phi) is 3.96. The van der Waals surface area contributed by atoms with Crippen molar-refractivity contribution < 1.29 is 18.1 Å². The number of carbonyl (C=O) groups excluding carboxylic acids is 1. The topological polar surface area (TPSA) is 81.2 Å². The molecule has 4 aromatic rings. The van der Waals surface area contributed by atoms with Gasteiger partial charge in [-0.3, -0.25) is 4.79 Å². The van der Waals surface area contributed by atoms with Gasteiger partial charge in [0, 0.05) is 6.07 Å². The van der Waals surface area contributed by atoms with Crippen LogP contribution >= 0.6 is 0 Å². The van der Waals surface area contributed by atoms with Crippen LogP contribution in [-0.4, -0.2) is 16.0 Å². The molecule has 2 aromatic carbocycles. The van der Waals surface area contributed by atoms with Crippen LogP contribution in [0.1, 0.15) is 29.3 Å². The number of para-hydroxylation sites is 2. The van der Waals surface area contributed by atoms with Gasteiger partial charge in [0.25, 0.3) is 5.91 Å². The number of rotatable bonds is 4. The molecule has 130 valence electrons.